The maximum Gasteiger partial charge on any atom is 0.240 e. The molecule has 1 atom stereocenters. The Morgan fingerprint density at radius 1 is 1.25 bits per heavy atom. The summed E-state index contributed by atoms with van der Waals surface area (Å²) >= 11 is 0. The summed E-state index contributed by atoms with van der Waals surface area (Å²) in [5.74, 6) is 0.781. The van der Waals surface area contributed by atoms with Gasteiger partial charge in [0, 0.05) is 12.4 Å². The maximum absolute atomic E-state index is 11.5. The minimum Gasteiger partial charge on any atom is -0.368 e. The molecule has 0 aliphatic rings. The molecule has 1 heterocycles. The topological polar surface area (TPSA) is 92.9 Å². The molecule has 6 nitrogen and oxygen atoms in total. The van der Waals surface area contributed by atoms with Crippen molar-refractivity contribution in [1.82, 2.24) is 9.97 Å². The van der Waals surface area contributed by atoms with E-state index < -0.39 is 11.9 Å². The second-order valence-corrected chi connectivity index (χ2v) is 4.93. The average Bonchev–Trinajstić information content (AvgIpc) is 2.43. The number of nitrogens with one attached hydrogen (secondary N) is 2. The van der Waals surface area contributed by atoms with Crippen molar-refractivity contribution in [3.63, 3.8) is 0 Å². The van der Waals surface area contributed by atoms with Crippen molar-refractivity contribution in [2.75, 3.05) is 17.7 Å². The van der Waals surface area contributed by atoms with E-state index in [1.165, 1.54) is 0 Å². The number of primary amides is 1. The molecule has 2 aromatic rings. The van der Waals surface area contributed by atoms with Gasteiger partial charge in [-0.2, -0.15) is 4.98 Å². The molecule has 20 heavy (non-hydrogen) atoms. The average molecular weight is 273 g/mol. The molecule has 0 aliphatic carbocycles. The quantitative estimate of drug-likeness (QED) is 0.769. The van der Waals surface area contributed by atoms with Crippen molar-refractivity contribution in [3.8, 4) is 0 Å². The molecular weight excluding hydrogens is 254 g/mol. The molecule has 1 amide bonds. The highest BCUT2D eigenvalue weighted by atomic mass is 16.1. The molecule has 0 saturated heterocycles. The molecule has 0 saturated carbocycles. The second-order valence-electron chi connectivity index (χ2n) is 4.93. The van der Waals surface area contributed by atoms with E-state index in [9.17, 15) is 4.79 Å². The number of nitrogens with two attached hydrogens (primary N) is 1. The third-order valence-electron chi connectivity index (χ3n) is 3.09. The third kappa shape index (κ3) is 2.79. The minimum absolute atomic E-state index is 0.0688. The summed E-state index contributed by atoms with van der Waals surface area (Å²) in [5, 5.41) is 6.90. The van der Waals surface area contributed by atoms with Crippen LogP contribution in [-0.2, 0) is 4.79 Å². The zero-order chi connectivity index (χ0) is 14.7. The van der Waals surface area contributed by atoms with E-state index in [0.29, 0.717) is 11.8 Å². The molecule has 1 aromatic carbocycles. The van der Waals surface area contributed by atoms with Crippen molar-refractivity contribution in [3.05, 3.63) is 24.3 Å². The number of rotatable bonds is 5. The summed E-state index contributed by atoms with van der Waals surface area (Å²) in [6.45, 7) is 3.87. The zero-order valence-electron chi connectivity index (χ0n) is 11.8. The van der Waals surface area contributed by atoms with Gasteiger partial charge < -0.3 is 16.4 Å². The van der Waals surface area contributed by atoms with Gasteiger partial charge in [-0.1, -0.05) is 26.0 Å². The van der Waals surface area contributed by atoms with Crippen LogP contribution in [0.1, 0.15) is 13.8 Å². The Morgan fingerprint density at radius 3 is 2.55 bits per heavy atom. The first-order chi connectivity index (χ1) is 9.52. The van der Waals surface area contributed by atoms with E-state index in [2.05, 4.69) is 20.6 Å². The number of aromatic nitrogens is 2. The van der Waals surface area contributed by atoms with E-state index in [0.717, 1.165) is 10.9 Å². The summed E-state index contributed by atoms with van der Waals surface area (Å²) < 4.78 is 0. The van der Waals surface area contributed by atoms with Crippen LogP contribution in [0.25, 0.3) is 10.9 Å². The van der Waals surface area contributed by atoms with Gasteiger partial charge in [0.1, 0.15) is 11.9 Å². The fourth-order valence-electron chi connectivity index (χ4n) is 2.01. The highest BCUT2D eigenvalue weighted by Gasteiger charge is 2.21. The largest absolute Gasteiger partial charge is 0.368 e. The van der Waals surface area contributed by atoms with E-state index >= 15 is 0 Å². The Morgan fingerprint density at radius 2 is 1.95 bits per heavy atom. The van der Waals surface area contributed by atoms with E-state index in [1.807, 2.05) is 38.1 Å². The van der Waals surface area contributed by atoms with Crippen molar-refractivity contribution in [2.45, 2.75) is 19.9 Å². The lowest BCUT2D eigenvalue weighted by molar-refractivity contribution is -0.119. The van der Waals surface area contributed by atoms with Crippen molar-refractivity contribution in [2.24, 2.45) is 11.7 Å². The van der Waals surface area contributed by atoms with Gasteiger partial charge in [-0.3, -0.25) is 4.79 Å². The number of para-hydroxylation sites is 1. The van der Waals surface area contributed by atoms with Crippen LogP contribution in [0.3, 0.4) is 0 Å². The molecule has 2 rings (SSSR count). The van der Waals surface area contributed by atoms with E-state index in [-0.39, 0.29) is 5.92 Å². The Bertz CT molecular complexity index is 626. The van der Waals surface area contributed by atoms with Crippen LogP contribution < -0.4 is 16.4 Å². The molecule has 1 aromatic heterocycles. The van der Waals surface area contributed by atoms with E-state index in [1.54, 1.807) is 7.05 Å². The third-order valence-corrected chi connectivity index (χ3v) is 3.09. The van der Waals surface area contributed by atoms with Crippen molar-refractivity contribution < 1.29 is 4.79 Å². The fraction of sp³-hybridized carbons (Fsp3) is 0.357. The van der Waals surface area contributed by atoms with Crippen molar-refractivity contribution >= 4 is 28.6 Å². The van der Waals surface area contributed by atoms with Gasteiger partial charge in [0.2, 0.25) is 11.9 Å². The van der Waals surface area contributed by atoms with Crippen LogP contribution in [0.5, 0.6) is 0 Å². The molecule has 1 unspecified atom stereocenters. The lowest BCUT2D eigenvalue weighted by Crippen LogP contribution is -2.39. The SMILES string of the molecule is CNc1nc(NC(C(N)=O)C(C)C)c2ccccc2n1. The molecule has 0 spiro atoms. The molecule has 0 aliphatic heterocycles. The summed E-state index contributed by atoms with van der Waals surface area (Å²) in [6, 6.07) is 7.16. The van der Waals surface area contributed by atoms with Crippen molar-refractivity contribution in [1.29, 1.82) is 0 Å². The molecule has 0 fully saturated rings. The Labute approximate surface area is 117 Å². The van der Waals surface area contributed by atoms with Crippen LogP contribution in [0.4, 0.5) is 11.8 Å². The molecular formula is C14H19N5O. The van der Waals surface area contributed by atoms with Gasteiger partial charge in [0.25, 0.3) is 0 Å². The lowest BCUT2D eigenvalue weighted by Gasteiger charge is -2.20. The first-order valence-electron chi connectivity index (χ1n) is 6.53. The number of amides is 1. The number of carbonyl (C=O) groups is 1. The number of benzene rings is 1. The number of hydrogen-bond acceptors (Lipinski definition) is 5. The first kappa shape index (κ1) is 14.0. The normalized spacial score (nSPS) is 12.4. The number of hydrogen-bond donors (Lipinski definition) is 3. The summed E-state index contributed by atoms with van der Waals surface area (Å²) in [5.41, 5.74) is 6.25. The molecule has 0 bridgehead atoms. The van der Waals surface area contributed by atoms with E-state index in [4.69, 9.17) is 5.73 Å². The minimum atomic E-state index is -0.474. The highest BCUT2D eigenvalue weighted by Crippen LogP contribution is 2.23. The van der Waals surface area contributed by atoms with Crippen LogP contribution in [0.15, 0.2) is 24.3 Å². The van der Waals surface area contributed by atoms with Gasteiger partial charge in [-0.25, -0.2) is 4.98 Å². The maximum atomic E-state index is 11.5. The van der Waals surface area contributed by atoms with Gasteiger partial charge in [-0.05, 0) is 18.1 Å². The first-order valence-corrected chi connectivity index (χ1v) is 6.53. The molecule has 106 valence electrons. The van der Waals surface area contributed by atoms with Crippen LogP contribution >= 0.6 is 0 Å². The Kier molecular flexibility index (Phi) is 4.02. The predicted molar refractivity (Wildman–Crippen MR) is 80.5 cm³/mol. The highest BCUT2D eigenvalue weighted by molar-refractivity contribution is 5.92. The van der Waals surface area contributed by atoms with Gasteiger partial charge in [0.05, 0.1) is 5.52 Å². The standard InChI is InChI=1S/C14H19N5O/c1-8(2)11(12(15)20)18-13-9-6-4-5-7-10(9)17-14(16-3)19-13/h4-8,11H,1-3H3,(H2,15,20)(H2,16,17,18,19). The van der Waals surface area contributed by atoms with Gasteiger partial charge in [-0.15, -0.1) is 0 Å². The second kappa shape index (κ2) is 5.73. The predicted octanol–water partition coefficient (Wildman–Crippen LogP) is 1.59. The van der Waals surface area contributed by atoms with Crippen LogP contribution in [-0.4, -0.2) is 29.0 Å². The summed E-state index contributed by atoms with van der Waals surface area (Å²) in [4.78, 5) is 20.3. The Balaban J connectivity index is 2.49. The molecule has 4 N–H and O–H groups in total. The smallest absolute Gasteiger partial charge is 0.240 e. The monoisotopic (exact) mass is 273 g/mol. The number of nitrogens with zero attached hydrogens (tertiary/aromatic N) is 2. The zero-order valence-corrected chi connectivity index (χ0v) is 11.8. The number of carbonyl (C=O) groups excluding carboxylic acids is 1. The fourth-order valence-corrected chi connectivity index (χ4v) is 2.01. The Hall–Kier alpha value is -2.37. The van der Waals surface area contributed by atoms with Gasteiger partial charge >= 0.3 is 0 Å². The number of anilines is 2. The molecule has 6 heteroatoms. The summed E-state index contributed by atoms with van der Waals surface area (Å²) in [6.07, 6.45) is 0. The lowest BCUT2D eigenvalue weighted by atomic mass is 10.0. The number of fused-ring (bicyclic) bond motifs is 1. The van der Waals surface area contributed by atoms with Crippen LogP contribution in [0.2, 0.25) is 0 Å². The van der Waals surface area contributed by atoms with Gasteiger partial charge in [0.15, 0.2) is 0 Å². The summed E-state index contributed by atoms with van der Waals surface area (Å²) in [7, 11) is 1.75. The molecule has 0 radical (unpaired) electrons. The van der Waals surface area contributed by atoms with Crippen LogP contribution in [0, 0.1) is 5.92 Å².